The Labute approximate surface area is 118 Å². The summed E-state index contributed by atoms with van der Waals surface area (Å²) >= 11 is 6.04. The van der Waals surface area contributed by atoms with E-state index in [4.69, 9.17) is 17.3 Å². The monoisotopic (exact) mass is 277 g/mol. The SMILES string of the molecule is NC(CCc1ccccc1)Cc1cc(F)ccc1Cl. The summed E-state index contributed by atoms with van der Waals surface area (Å²) in [7, 11) is 0. The second-order valence-electron chi connectivity index (χ2n) is 4.72. The fourth-order valence-corrected chi connectivity index (χ4v) is 2.28. The smallest absolute Gasteiger partial charge is 0.123 e. The maximum absolute atomic E-state index is 13.1. The van der Waals surface area contributed by atoms with Gasteiger partial charge >= 0.3 is 0 Å². The molecule has 2 N–H and O–H groups in total. The molecule has 1 unspecified atom stereocenters. The van der Waals surface area contributed by atoms with Gasteiger partial charge in [0.25, 0.3) is 0 Å². The van der Waals surface area contributed by atoms with Gasteiger partial charge in [0.1, 0.15) is 5.82 Å². The molecule has 0 radical (unpaired) electrons. The molecule has 19 heavy (non-hydrogen) atoms. The first kappa shape index (κ1) is 14.0. The molecule has 0 heterocycles. The van der Waals surface area contributed by atoms with Crippen LogP contribution in [0.15, 0.2) is 48.5 Å². The second kappa shape index (κ2) is 6.69. The van der Waals surface area contributed by atoms with E-state index in [0.717, 1.165) is 18.4 Å². The summed E-state index contributed by atoms with van der Waals surface area (Å²) in [4.78, 5) is 0. The standard InChI is InChI=1S/C16H17ClFN/c17-16-9-7-14(18)10-13(16)11-15(19)8-6-12-4-2-1-3-5-12/h1-5,7,9-10,15H,6,8,11,19H2. The van der Waals surface area contributed by atoms with Crippen molar-refractivity contribution in [1.29, 1.82) is 0 Å². The van der Waals surface area contributed by atoms with E-state index in [9.17, 15) is 4.39 Å². The summed E-state index contributed by atoms with van der Waals surface area (Å²) in [5.41, 5.74) is 8.14. The van der Waals surface area contributed by atoms with Crippen LogP contribution in [0.3, 0.4) is 0 Å². The van der Waals surface area contributed by atoms with Crippen molar-refractivity contribution in [2.24, 2.45) is 5.73 Å². The number of hydrogen-bond donors (Lipinski definition) is 1. The number of benzene rings is 2. The molecule has 0 aliphatic carbocycles. The van der Waals surface area contributed by atoms with E-state index < -0.39 is 0 Å². The number of halogens is 2. The summed E-state index contributed by atoms with van der Waals surface area (Å²) in [6.45, 7) is 0. The molecule has 0 aromatic heterocycles. The third-order valence-corrected chi connectivity index (χ3v) is 3.51. The molecule has 2 rings (SSSR count). The van der Waals surface area contributed by atoms with E-state index in [1.54, 1.807) is 6.07 Å². The molecule has 0 fully saturated rings. The number of rotatable bonds is 5. The van der Waals surface area contributed by atoms with Crippen molar-refractivity contribution in [1.82, 2.24) is 0 Å². The number of nitrogens with two attached hydrogens (primary N) is 1. The van der Waals surface area contributed by atoms with Gasteiger partial charge in [0.2, 0.25) is 0 Å². The van der Waals surface area contributed by atoms with Gasteiger partial charge in [-0.1, -0.05) is 41.9 Å². The molecule has 0 saturated heterocycles. The number of aryl methyl sites for hydroxylation is 1. The molecular weight excluding hydrogens is 261 g/mol. The molecule has 1 nitrogen and oxygen atoms in total. The van der Waals surface area contributed by atoms with Gasteiger partial charge in [-0.25, -0.2) is 4.39 Å². The van der Waals surface area contributed by atoms with Crippen molar-refractivity contribution in [2.45, 2.75) is 25.3 Å². The lowest BCUT2D eigenvalue weighted by Gasteiger charge is -2.13. The van der Waals surface area contributed by atoms with Crippen molar-refractivity contribution in [3.63, 3.8) is 0 Å². The van der Waals surface area contributed by atoms with Crippen LogP contribution < -0.4 is 5.73 Å². The molecular formula is C16H17ClFN. The lowest BCUT2D eigenvalue weighted by molar-refractivity contribution is 0.599. The average molecular weight is 278 g/mol. The van der Waals surface area contributed by atoms with E-state index in [-0.39, 0.29) is 11.9 Å². The highest BCUT2D eigenvalue weighted by Crippen LogP contribution is 2.19. The Hall–Kier alpha value is -1.38. The zero-order chi connectivity index (χ0) is 13.7. The fraction of sp³-hybridized carbons (Fsp3) is 0.250. The molecule has 0 aliphatic rings. The highest BCUT2D eigenvalue weighted by Gasteiger charge is 2.08. The first-order chi connectivity index (χ1) is 9.15. The van der Waals surface area contributed by atoms with Gasteiger partial charge in [-0.05, 0) is 48.6 Å². The molecule has 0 saturated carbocycles. The van der Waals surface area contributed by atoms with Crippen molar-refractivity contribution in [3.05, 3.63) is 70.5 Å². The molecule has 2 aromatic carbocycles. The third kappa shape index (κ3) is 4.34. The topological polar surface area (TPSA) is 26.0 Å². The summed E-state index contributed by atoms with van der Waals surface area (Å²) in [6.07, 6.45) is 2.38. The van der Waals surface area contributed by atoms with E-state index in [1.807, 2.05) is 18.2 Å². The lowest BCUT2D eigenvalue weighted by atomic mass is 10.00. The van der Waals surface area contributed by atoms with Crippen molar-refractivity contribution >= 4 is 11.6 Å². The van der Waals surface area contributed by atoms with Crippen LogP contribution in [0, 0.1) is 5.82 Å². The van der Waals surface area contributed by atoms with Crippen LogP contribution >= 0.6 is 11.6 Å². The van der Waals surface area contributed by atoms with Crippen LogP contribution in [0.2, 0.25) is 5.02 Å². The first-order valence-corrected chi connectivity index (χ1v) is 6.76. The quantitative estimate of drug-likeness (QED) is 0.879. The van der Waals surface area contributed by atoms with E-state index in [0.29, 0.717) is 11.4 Å². The molecule has 3 heteroatoms. The van der Waals surface area contributed by atoms with E-state index in [1.165, 1.54) is 17.7 Å². The van der Waals surface area contributed by atoms with Crippen LogP contribution in [-0.2, 0) is 12.8 Å². The highest BCUT2D eigenvalue weighted by atomic mass is 35.5. The van der Waals surface area contributed by atoms with Gasteiger partial charge in [0.15, 0.2) is 0 Å². The maximum atomic E-state index is 13.1. The van der Waals surface area contributed by atoms with Crippen LogP contribution in [-0.4, -0.2) is 6.04 Å². The fourth-order valence-electron chi connectivity index (χ4n) is 2.08. The summed E-state index contributed by atoms with van der Waals surface area (Å²) in [6, 6.07) is 14.6. The van der Waals surface area contributed by atoms with Crippen LogP contribution in [0.1, 0.15) is 17.5 Å². The zero-order valence-electron chi connectivity index (χ0n) is 10.7. The molecule has 0 bridgehead atoms. The van der Waals surface area contributed by atoms with E-state index >= 15 is 0 Å². The summed E-state index contributed by atoms with van der Waals surface area (Å²) in [5, 5.41) is 0.580. The Morgan fingerprint density at radius 1 is 1.11 bits per heavy atom. The third-order valence-electron chi connectivity index (χ3n) is 3.14. The van der Waals surface area contributed by atoms with Crippen LogP contribution in [0.5, 0.6) is 0 Å². The Morgan fingerprint density at radius 2 is 1.84 bits per heavy atom. The molecule has 1 atom stereocenters. The van der Waals surface area contributed by atoms with Crippen molar-refractivity contribution in [3.8, 4) is 0 Å². The van der Waals surface area contributed by atoms with Crippen LogP contribution in [0.25, 0.3) is 0 Å². The molecule has 100 valence electrons. The van der Waals surface area contributed by atoms with Gasteiger partial charge in [-0.2, -0.15) is 0 Å². The Morgan fingerprint density at radius 3 is 2.58 bits per heavy atom. The Balaban J connectivity index is 1.90. The Bertz CT molecular complexity index is 528. The molecule has 2 aromatic rings. The summed E-state index contributed by atoms with van der Waals surface area (Å²) in [5.74, 6) is -0.269. The minimum atomic E-state index is -0.269. The van der Waals surface area contributed by atoms with E-state index in [2.05, 4.69) is 12.1 Å². The van der Waals surface area contributed by atoms with Gasteiger partial charge in [-0.3, -0.25) is 0 Å². The predicted molar refractivity (Wildman–Crippen MR) is 77.9 cm³/mol. The van der Waals surface area contributed by atoms with Gasteiger partial charge in [-0.15, -0.1) is 0 Å². The van der Waals surface area contributed by atoms with Crippen molar-refractivity contribution in [2.75, 3.05) is 0 Å². The van der Waals surface area contributed by atoms with Gasteiger partial charge < -0.3 is 5.73 Å². The van der Waals surface area contributed by atoms with Crippen LogP contribution in [0.4, 0.5) is 4.39 Å². The molecule has 0 spiro atoms. The minimum Gasteiger partial charge on any atom is -0.327 e. The second-order valence-corrected chi connectivity index (χ2v) is 5.13. The first-order valence-electron chi connectivity index (χ1n) is 6.38. The Kier molecular flexibility index (Phi) is 4.94. The summed E-state index contributed by atoms with van der Waals surface area (Å²) < 4.78 is 13.1. The lowest BCUT2D eigenvalue weighted by Crippen LogP contribution is -2.23. The zero-order valence-corrected chi connectivity index (χ0v) is 11.4. The molecule has 0 amide bonds. The predicted octanol–water partition coefficient (Wildman–Crippen LogP) is 3.98. The minimum absolute atomic E-state index is 0.0143. The van der Waals surface area contributed by atoms with Gasteiger partial charge in [0.05, 0.1) is 0 Å². The largest absolute Gasteiger partial charge is 0.327 e. The van der Waals surface area contributed by atoms with Crippen molar-refractivity contribution < 1.29 is 4.39 Å². The average Bonchev–Trinajstić information content (AvgIpc) is 2.42. The maximum Gasteiger partial charge on any atom is 0.123 e. The molecule has 0 aliphatic heterocycles. The normalized spacial score (nSPS) is 12.4. The number of hydrogen-bond acceptors (Lipinski definition) is 1. The van der Waals surface area contributed by atoms with Gasteiger partial charge in [0, 0.05) is 11.1 Å². The highest BCUT2D eigenvalue weighted by molar-refractivity contribution is 6.31.